The van der Waals surface area contributed by atoms with Gasteiger partial charge in [-0.15, -0.1) is 0 Å². The standard InChI is InChI=1S/C12H20N4/c1-7(2)9-8(3)14-11(12(4)5-6-12)15-10(9)16-13/h7H,5-6,13H2,1-4H3,(H,14,15,16). The van der Waals surface area contributed by atoms with Gasteiger partial charge in [-0.1, -0.05) is 20.8 Å². The first-order chi connectivity index (χ1) is 7.48. The molecule has 1 aliphatic rings. The topological polar surface area (TPSA) is 63.8 Å². The van der Waals surface area contributed by atoms with Crippen LogP contribution in [0.25, 0.3) is 0 Å². The minimum atomic E-state index is 0.186. The number of nitrogens with zero attached hydrogens (tertiary/aromatic N) is 2. The second-order valence-corrected chi connectivity index (χ2v) is 5.25. The van der Waals surface area contributed by atoms with E-state index in [9.17, 15) is 0 Å². The summed E-state index contributed by atoms with van der Waals surface area (Å²) >= 11 is 0. The molecular weight excluding hydrogens is 200 g/mol. The van der Waals surface area contributed by atoms with Crippen LogP contribution in [0.4, 0.5) is 5.82 Å². The Morgan fingerprint density at radius 2 is 1.94 bits per heavy atom. The SMILES string of the molecule is Cc1nc(C2(C)CC2)nc(NN)c1C(C)C. The first-order valence-corrected chi connectivity index (χ1v) is 5.83. The number of hydrogen-bond donors (Lipinski definition) is 2. The number of aromatic nitrogens is 2. The zero-order valence-corrected chi connectivity index (χ0v) is 10.5. The van der Waals surface area contributed by atoms with Crippen molar-refractivity contribution in [2.45, 2.75) is 51.9 Å². The normalized spacial score (nSPS) is 17.6. The van der Waals surface area contributed by atoms with E-state index in [0.29, 0.717) is 5.92 Å². The summed E-state index contributed by atoms with van der Waals surface area (Å²) in [4.78, 5) is 9.19. The van der Waals surface area contributed by atoms with E-state index in [1.807, 2.05) is 6.92 Å². The van der Waals surface area contributed by atoms with Gasteiger partial charge < -0.3 is 5.43 Å². The van der Waals surface area contributed by atoms with E-state index >= 15 is 0 Å². The molecule has 4 nitrogen and oxygen atoms in total. The molecule has 4 heteroatoms. The summed E-state index contributed by atoms with van der Waals surface area (Å²) in [5.74, 6) is 7.65. The van der Waals surface area contributed by atoms with Gasteiger partial charge in [0.25, 0.3) is 0 Å². The van der Waals surface area contributed by atoms with Gasteiger partial charge in [0.15, 0.2) is 0 Å². The molecule has 1 aromatic heterocycles. The van der Waals surface area contributed by atoms with Crippen molar-refractivity contribution in [2.75, 3.05) is 5.43 Å². The van der Waals surface area contributed by atoms with Crippen LogP contribution in [0.2, 0.25) is 0 Å². The van der Waals surface area contributed by atoms with Gasteiger partial charge in [0, 0.05) is 16.7 Å². The Kier molecular flexibility index (Phi) is 2.62. The Bertz CT molecular complexity index is 408. The van der Waals surface area contributed by atoms with E-state index in [1.54, 1.807) is 0 Å². The fraction of sp³-hybridized carbons (Fsp3) is 0.667. The highest BCUT2D eigenvalue weighted by Crippen LogP contribution is 2.46. The number of hydrazine groups is 1. The smallest absolute Gasteiger partial charge is 0.147 e. The molecule has 2 rings (SSSR count). The van der Waals surface area contributed by atoms with E-state index in [0.717, 1.165) is 22.9 Å². The monoisotopic (exact) mass is 220 g/mol. The van der Waals surface area contributed by atoms with Crippen molar-refractivity contribution in [3.8, 4) is 0 Å². The van der Waals surface area contributed by atoms with Crippen molar-refractivity contribution < 1.29 is 0 Å². The van der Waals surface area contributed by atoms with E-state index in [-0.39, 0.29) is 5.41 Å². The van der Waals surface area contributed by atoms with Crippen LogP contribution in [0.3, 0.4) is 0 Å². The van der Waals surface area contributed by atoms with Gasteiger partial charge in [-0.2, -0.15) is 0 Å². The molecule has 1 aliphatic carbocycles. The molecule has 1 fully saturated rings. The van der Waals surface area contributed by atoms with Crippen molar-refractivity contribution in [3.63, 3.8) is 0 Å². The number of aryl methyl sites for hydroxylation is 1. The van der Waals surface area contributed by atoms with Crippen LogP contribution in [0.1, 0.15) is 56.6 Å². The number of hydrogen-bond acceptors (Lipinski definition) is 4. The van der Waals surface area contributed by atoms with Gasteiger partial charge in [0.1, 0.15) is 11.6 Å². The predicted molar refractivity (Wildman–Crippen MR) is 65.3 cm³/mol. The predicted octanol–water partition coefficient (Wildman–Crippen LogP) is 2.25. The zero-order valence-electron chi connectivity index (χ0n) is 10.5. The van der Waals surface area contributed by atoms with Crippen molar-refractivity contribution in [2.24, 2.45) is 5.84 Å². The number of anilines is 1. The van der Waals surface area contributed by atoms with Crippen molar-refractivity contribution in [1.82, 2.24) is 9.97 Å². The highest BCUT2D eigenvalue weighted by Gasteiger charge is 2.42. The molecule has 0 bridgehead atoms. The third-order valence-electron chi connectivity index (χ3n) is 3.39. The number of nitrogens with one attached hydrogen (secondary N) is 1. The lowest BCUT2D eigenvalue weighted by atomic mass is 10.0. The van der Waals surface area contributed by atoms with Gasteiger partial charge >= 0.3 is 0 Å². The minimum Gasteiger partial charge on any atom is -0.308 e. The molecule has 1 aromatic rings. The first-order valence-electron chi connectivity index (χ1n) is 5.83. The summed E-state index contributed by atoms with van der Waals surface area (Å²) < 4.78 is 0. The molecule has 0 spiro atoms. The third kappa shape index (κ3) is 1.78. The highest BCUT2D eigenvalue weighted by atomic mass is 15.3. The van der Waals surface area contributed by atoms with E-state index in [1.165, 1.54) is 12.8 Å². The molecular formula is C12H20N4. The summed E-state index contributed by atoms with van der Waals surface area (Å²) in [5, 5.41) is 0. The van der Waals surface area contributed by atoms with Crippen molar-refractivity contribution in [1.29, 1.82) is 0 Å². The van der Waals surface area contributed by atoms with Crippen LogP contribution in [-0.2, 0) is 5.41 Å². The number of nitrogen functional groups attached to an aromatic ring is 1. The first kappa shape index (κ1) is 11.3. The molecule has 0 amide bonds. The lowest BCUT2D eigenvalue weighted by Gasteiger charge is -2.17. The van der Waals surface area contributed by atoms with Crippen molar-refractivity contribution in [3.05, 3.63) is 17.1 Å². The Balaban J connectivity index is 2.50. The van der Waals surface area contributed by atoms with Crippen LogP contribution in [0, 0.1) is 6.92 Å². The largest absolute Gasteiger partial charge is 0.308 e. The van der Waals surface area contributed by atoms with Gasteiger partial charge in [-0.25, -0.2) is 15.8 Å². The number of nitrogens with two attached hydrogens (primary N) is 1. The van der Waals surface area contributed by atoms with Crippen LogP contribution in [0.15, 0.2) is 0 Å². The van der Waals surface area contributed by atoms with Gasteiger partial charge in [0.2, 0.25) is 0 Å². The second-order valence-electron chi connectivity index (χ2n) is 5.25. The lowest BCUT2D eigenvalue weighted by molar-refractivity contribution is 0.692. The molecule has 0 radical (unpaired) electrons. The van der Waals surface area contributed by atoms with E-state index in [2.05, 4.69) is 36.2 Å². The van der Waals surface area contributed by atoms with Gasteiger partial charge in [-0.3, -0.25) is 0 Å². The molecule has 0 saturated heterocycles. The molecule has 0 atom stereocenters. The Labute approximate surface area is 96.6 Å². The van der Waals surface area contributed by atoms with E-state index < -0.39 is 0 Å². The average Bonchev–Trinajstić information content (AvgIpc) is 2.96. The fourth-order valence-corrected chi connectivity index (χ4v) is 2.06. The highest BCUT2D eigenvalue weighted by molar-refractivity contribution is 5.48. The van der Waals surface area contributed by atoms with Crippen LogP contribution in [-0.4, -0.2) is 9.97 Å². The summed E-state index contributed by atoms with van der Waals surface area (Å²) in [5.41, 5.74) is 5.06. The average molecular weight is 220 g/mol. The summed E-state index contributed by atoms with van der Waals surface area (Å²) in [6.07, 6.45) is 2.36. The van der Waals surface area contributed by atoms with Gasteiger partial charge in [0.05, 0.1) is 0 Å². The van der Waals surface area contributed by atoms with Crippen LogP contribution in [0.5, 0.6) is 0 Å². The molecule has 0 aliphatic heterocycles. The lowest BCUT2D eigenvalue weighted by Crippen LogP contribution is -2.18. The minimum absolute atomic E-state index is 0.186. The molecule has 3 N–H and O–H groups in total. The maximum absolute atomic E-state index is 5.55. The zero-order chi connectivity index (χ0) is 11.9. The molecule has 0 unspecified atom stereocenters. The quantitative estimate of drug-likeness (QED) is 0.605. The van der Waals surface area contributed by atoms with Crippen LogP contribution >= 0.6 is 0 Å². The second kappa shape index (κ2) is 3.70. The molecule has 16 heavy (non-hydrogen) atoms. The van der Waals surface area contributed by atoms with Crippen LogP contribution < -0.4 is 11.3 Å². The number of rotatable bonds is 3. The van der Waals surface area contributed by atoms with Crippen molar-refractivity contribution >= 4 is 5.82 Å². The third-order valence-corrected chi connectivity index (χ3v) is 3.39. The molecule has 1 saturated carbocycles. The van der Waals surface area contributed by atoms with E-state index in [4.69, 9.17) is 5.84 Å². The maximum atomic E-state index is 5.55. The summed E-state index contributed by atoms with van der Waals surface area (Å²) in [6.45, 7) is 8.50. The molecule has 1 heterocycles. The molecule has 0 aromatic carbocycles. The maximum Gasteiger partial charge on any atom is 0.147 e. The summed E-state index contributed by atoms with van der Waals surface area (Å²) in [7, 11) is 0. The Hall–Kier alpha value is -1.16. The molecule has 88 valence electrons. The Morgan fingerprint density at radius 3 is 2.38 bits per heavy atom. The fourth-order valence-electron chi connectivity index (χ4n) is 2.06. The Morgan fingerprint density at radius 1 is 1.31 bits per heavy atom. The summed E-state index contributed by atoms with van der Waals surface area (Å²) in [6, 6.07) is 0. The van der Waals surface area contributed by atoms with Gasteiger partial charge in [-0.05, 0) is 25.7 Å².